The number of nitrogens with one attached hydrogen (secondary N) is 2. The number of carbonyl (C=O) groups excluding carboxylic acids is 1. The van der Waals surface area contributed by atoms with Gasteiger partial charge in [-0.25, -0.2) is 0 Å². The van der Waals surface area contributed by atoms with Gasteiger partial charge in [-0.1, -0.05) is 26.2 Å². The molecule has 0 aromatic heterocycles. The van der Waals surface area contributed by atoms with Crippen molar-refractivity contribution in [3.8, 4) is 0 Å². The van der Waals surface area contributed by atoms with Crippen LogP contribution in [-0.4, -0.2) is 49.1 Å². The second-order valence-electron chi connectivity index (χ2n) is 6.11. The Labute approximate surface area is 117 Å². The van der Waals surface area contributed by atoms with Gasteiger partial charge in [0.1, 0.15) is 0 Å². The SMILES string of the molecule is CCC1CCCC(NC(=O)C(C)N2CCNCC2)C1. The highest BCUT2D eigenvalue weighted by Crippen LogP contribution is 2.26. The maximum absolute atomic E-state index is 12.3. The summed E-state index contributed by atoms with van der Waals surface area (Å²) in [6.45, 7) is 8.27. The molecule has 110 valence electrons. The van der Waals surface area contributed by atoms with Gasteiger partial charge in [-0.3, -0.25) is 9.69 Å². The van der Waals surface area contributed by atoms with Crippen molar-refractivity contribution in [1.29, 1.82) is 0 Å². The number of amides is 1. The number of piperazine rings is 1. The molecule has 4 heteroatoms. The van der Waals surface area contributed by atoms with E-state index in [1.54, 1.807) is 0 Å². The van der Waals surface area contributed by atoms with E-state index in [0.29, 0.717) is 6.04 Å². The number of hydrogen-bond donors (Lipinski definition) is 2. The average molecular weight is 267 g/mol. The Morgan fingerprint density at radius 1 is 1.37 bits per heavy atom. The van der Waals surface area contributed by atoms with Crippen LogP contribution >= 0.6 is 0 Å². The first-order valence-corrected chi connectivity index (χ1v) is 7.95. The topological polar surface area (TPSA) is 44.4 Å². The second-order valence-corrected chi connectivity index (χ2v) is 6.11. The van der Waals surface area contributed by atoms with Crippen LogP contribution in [0.1, 0.15) is 46.0 Å². The lowest BCUT2D eigenvalue weighted by Gasteiger charge is -2.34. The van der Waals surface area contributed by atoms with Crippen LogP contribution in [0.5, 0.6) is 0 Å². The highest BCUT2D eigenvalue weighted by molar-refractivity contribution is 5.81. The quantitative estimate of drug-likeness (QED) is 0.808. The second kappa shape index (κ2) is 7.25. The Morgan fingerprint density at radius 3 is 2.79 bits per heavy atom. The molecule has 2 rings (SSSR count). The molecule has 0 aromatic carbocycles. The van der Waals surface area contributed by atoms with E-state index in [-0.39, 0.29) is 11.9 Å². The summed E-state index contributed by atoms with van der Waals surface area (Å²) in [5.41, 5.74) is 0. The van der Waals surface area contributed by atoms with Crippen molar-refractivity contribution in [1.82, 2.24) is 15.5 Å². The van der Waals surface area contributed by atoms with Crippen LogP contribution in [0.3, 0.4) is 0 Å². The fraction of sp³-hybridized carbons (Fsp3) is 0.933. The van der Waals surface area contributed by atoms with E-state index in [0.717, 1.165) is 38.5 Å². The minimum Gasteiger partial charge on any atom is -0.352 e. The smallest absolute Gasteiger partial charge is 0.237 e. The van der Waals surface area contributed by atoms with Gasteiger partial charge < -0.3 is 10.6 Å². The summed E-state index contributed by atoms with van der Waals surface area (Å²) in [5, 5.41) is 6.61. The van der Waals surface area contributed by atoms with Crippen LogP contribution in [0.2, 0.25) is 0 Å². The molecule has 0 bridgehead atoms. The van der Waals surface area contributed by atoms with Crippen molar-refractivity contribution in [2.75, 3.05) is 26.2 Å². The lowest BCUT2D eigenvalue weighted by atomic mass is 9.84. The van der Waals surface area contributed by atoms with Crippen molar-refractivity contribution in [2.45, 2.75) is 58.0 Å². The predicted octanol–water partition coefficient (Wildman–Crippen LogP) is 1.37. The summed E-state index contributed by atoms with van der Waals surface area (Å²) in [5.74, 6) is 1.04. The van der Waals surface area contributed by atoms with Gasteiger partial charge in [-0.2, -0.15) is 0 Å². The number of carbonyl (C=O) groups is 1. The van der Waals surface area contributed by atoms with Gasteiger partial charge in [0.2, 0.25) is 5.91 Å². The molecule has 4 nitrogen and oxygen atoms in total. The standard InChI is InChI=1S/C15H29N3O/c1-3-13-5-4-6-14(11-13)17-15(19)12(2)18-9-7-16-8-10-18/h12-14,16H,3-11H2,1-2H3,(H,17,19). The molecule has 0 aromatic rings. The first-order valence-electron chi connectivity index (χ1n) is 7.95. The molecule has 0 radical (unpaired) electrons. The number of hydrogen-bond acceptors (Lipinski definition) is 3. The summed E-state index contributed by atoms with van der Waals surface area (Å²) in [6, 6.07) is 0.431. The zero-order valence-corrected chi connectivity index (χ0v) is 12.5. The zero-order chi connectivity index (χ0) is 13.7. The van der Waals surface area contributed by atoms with Crippen molar-refractivity contribution >= 4 is 5.91 Å². The maximum atomic E-state index is 12.3. The number of rotatable bonds is 4. The first-order chi connectivity index (χ1) is 9.20. The van der Waals surface area contributed by atoms with Crippen molar-refractivity contribution in [2.24, 2.45) is 5.92 Å². The summed E-state index contributed by atoms with van der Waals surface area (Å²) < 4.78 is 0. The Bertz CT molecular complexity index is 289. The molecule has 1 aliphatic heterocycles. The lowest BCUT2D eigenvalue weighted by molar-refractivity contribution is -0.127. The van der Waals surface area contributed by atoms with Gasteiger partial charge >= 0.3 is 0 Å². The zero-order valence-electron chi connectivity index (χ0n) is 12.5. The monoisotopic (exact) mass is 267 g/mol. The Hall–Kier alpha value is -0.610. The molecule has 1 saturated carbocycles. The Kier molecular flexibility index (Phi) is 5.64. The van der Waals surface area contributed by atoms with Crippen LogP contribution in [0.25, 0.3) is 0 Å². The maximum Gasteiger partial charge on any atom is 0.237 e. The van der Waals surface area contributed by atoms with E-state index in [1.807, 2.05) is 6.92 Å². The summed E-state index contributed by atoms with van der Waals surface area (Å²) in [4.78, 5) is 14.6. The van der Waals surface area contributed by atoms with Gasteiger partial charge in [0.05, 0.1) is 6.04 Å². The Morgan fingerprint density at radius 2 is 2.11 bits per heavy atom. The lowest BCUT2D eigenvalue weighted by Crippen LogP contribution is -2.54. The highest BCUT2D eigenvalue weighted by Gasteiger charge is 2.27. The first kappa shape index (κ1) is 14.8. The molecule has 0 spiro atoms. The molecular weight excluding hydrogens is 238 g/mol. The van der Waals surface area contributed by atoms with E-state index < -0.39 is 0 Å². The predicted molar refractivity (Wildman–Crippen MR) is 78.1 cm³/mol. The van der Waals surface area contributed by atoms with Gasteiger partial charge in [0.25, 0.3) is 0 Å². The minimum absolute atomic E-state index is 0.0177. The number of nitrogens with zero attached hydrogens (tertiary/aromatic N) is 1. The van der Waals surface area contributed by atoms with Crippen LogP contribution in [0.4, 0.5) is 0 Å². The summed E-state index contributed by atoms with van der Waals surface area (Å²) in [7, 11) is 0. The average Bonchev–Trinajstić information content (AvgIpc) is 2.47. The molecule has 1 heterocycles. The largest absolute Gasteiger partial charge is 0.352 e. The van der Waals surface area contributed by atoms with E-state index in [2.05, 4.69) is 22.5 Å². The van der Waals surface area contributed by atoms with Gasteiger partial charge in [0, 0.05) is 32.2 Å². The van der Waals surface area contributed by atoms with Crippen LogP contribution < -0.4 is 10.6 Å². The molecule has 3 atom stereocenters. The van der Waals surface area contributed by atoms with E-state index >= 15 is 0 Å². The van der Waals surface area contributed by atoms with Gasteiger partial charge in [0.15, 0.2) is 0 Å². The molecular formula is C15H29N3O. The summed E-state index contributed by atoms with van der Waals surface area (Å²) >= 11 is 0. The third kappa shape index (κ3) is 4.18. The van der Waals surface area contributed by atoms with E-state index in [1.165, 1.54) is 25.7 Å². The third-order valence-electron chi connectivity index (χ3n) is 4.79. The van der Waals surface area contributed by atoms with Crippen molar-refractivity contribution in [3.63, 3.8) is 0 Å². The van der Waals surface area contributed by atoms with Crippen molar-refractivity contribution < 1.29 is 4.79 Å². The molecule has 1 aliphatic carbocycles. The fourth-order valence-electron chi connectivity index (χ4n) is 3.35. The normalized spacial score (nSPS) is 30.8. The Balaban J connectivity index is 1.79. The van der Waals surface area contributed by atoms with E-state index in [9.17, 15) is 4.79 Å². The molecule has 3 unspecified atom stereocenters. The third-order valence-corrected chi connectivity index (χ3v) is 4.79. The molecule has 2 fully saturated rings. The fourth-order valence-corrected chi connectivity index (χ4v) is 3.35. The van der Waals surface area contributed by atoms with Crippen LogP contribution in [0, 0.1) is 5.92 Å². The van der Waals surface area contributed by atoms with Gasteiger partial charge in [-0.05, 0) is 25.7 Å². The minimum atomic E-state index is 0.0177. The van der Waals surface area contributed by atoms with E-state index in [4.69, 9.17) is 0 Å². The molecule has 19 heavy (non-hydrogen) atoms. The molecule has 1 amide bonds. The molecule has 2 N–H and O–H groups in total. The summed E-state index contributed by atoms with van der Waals surface area (Å²) in [6.07, 6.45) is 6.20. The molecule has 2 aliphatic rings. The van der Waals surface area contributed by atoms with Crippen LogP contribution in [0.15, 0.2) is 0 Å². The van der Waals surface area contributed by atoms with Gasteiger partial charge in [-0.15, -0.1) is 0 Å². The molecule has 1 saturated heterocycles. The highest BCUT2D eigenvalue weighted by atomic mass is 16.2. The van der Waals surface area contributed by atoms with Crippen LogP contribution in [-0.2, 0) is 4.79 Å². The van der Waals surface area contributed by atoms with Crippen molar-refractivity contribution in [3.05, 3.63) is 0 Å².